The van der Waals surface area contributed by atoms with Crippen LogP contribution in [0.15, 0.2) is 59.6 Å². The molecule has 0 atom stereocenters. The first-order chi connectivity index (χ1) is 13.4. The van der Waals surface area contributed by atoms with Gasteiger partial charge in [-0.1, -0.05) is 35.9 Å². The molecule has 28 heavy (non-hydrogen) atoms. The van der Waals surface area contributed by atoms with Crippen LogP contribution in [0, 0.1) is 0 Å². The van der Waals surface area contributed by atoms with Crippen LogP contribution in [0.5, 0.6) is 0 Å². The number of rotatable bonds is 4. The number of fused-ring (bicyclic) bond motifs is 1. The molecule has 1 fully saturated rings. The van der Waals surface area contributed by atoms with Crippen LogP contribution < -0.4 is 10.6 Å². The van der Waals surface area contributed by atoms with E-state index in [1.807, 2.05) is 24.3 Å². The number of aromatic nitrogens is 1. The summed E-state index contributed by atoms with van der Waals surface area (Å²) in [5.41, 5.74) is 7.30. The molecular formula is C20H14ClN3O3S. The Hall–Kier alpha value is -3.03. The molecule has 0 bridgehead atoms. The van der Waals surface area contributed by atoms with Gasteiger partial charge in [0.1, 0.15) is 6.54 Å². The normalized spacial score (nSPS) is 15.8. The lowest BCUT2D eigenvalue weighted by Crippen LogP contribution is -2.27. The minimum absolute atomic E-state index is 0.0261. The highest BCUT2D eigenvalue weighted by atomic mass is 35.5. The quantitative estimate of drug-likeness (QED) is 0.657. The summed E-state index contributed by atoms with van der Waals surface area (Å²) in [4.78, 5) is 38.0. The summed E-state index contributed by atoms with van der Waals surface area (Å²) in [5.74, 6) is -0.877. The summed E-state index contributed by atoms with van der Waals surface area (Å²) in [5, 5.41) is 0.910. The zero-order chi connectivity index (χ0) is 19.8. The van der Waals surface area contributed by atoms with Crippen molar-refractivity contribution >= 4 is 63.1 Å². The molecule has 1 aliphatic heterocycles. The lowest BCUT2D eigenvalue weighted by atomic mass is 10.1. The Kier molecular flexibility index (Phi) is 4.70. The summed E-state index contributed by atoms with van der Waals surface area (Å²) < 4.78 is 1.73. The Balaban J connectivity index is 1.75. The lowest BCUT2D eigenvalue weighted by molar-refractivity contribution is -0.118. The average Bonchev–Trinajstić information content (AvgIpc) is 3.12. The second kappa shape index (κ2) is 7.18. The molecule has 0 unspecified atom stereocenters. The smallest absolute Gasteiger partial charge is 0.298 e. The van der Waals surface area contributed by atoms with Gasteiger partial charge in [0.05, 0.1) is 10.6 Å². The van der Waals surface area contributed by atoms with E-state index >= 15 is 0 Å². The van der Waals surface area contributed by atoms with Crippen LogP contribution in [0.25, 0.3) is 17.0 Å². The standard InChI is InChI=1S/C20H14ClN3O3S/c21-13-4-3-5-14(9-13)24-19(26)17(28-20(24)27)8-12-10-23(11-18(22)25)16-7-2-1-6-15(12)16/h1-10H,11H2,(H2,22,25)/b17-8-. The first-order valence-electron chi connectivity index (χ1n) is 8.34. The van der Waals surface area contributed by atoms with E-state index in [2.05, 4.69) is 0 Å². The van der Waals surface area contributed by atoms with Crippen molar-refractivity contribution in [2.45, 2.75) is 6.54 Å². The largest absolute Gasteiger partial charge is 0.368 e. The number of anilines is 1. The van der Waals surface area contributed by atoms with Gasteiger partial charge < -0.3 is 10.3 Å². The van der Waals surface area contributed by atoms with Crippen molar-refractivity contribution < 1.29 is 14.4 Å². The lowest BCUT2D eigenvalue weighted by Gasteiger charge is -2.12. The first-order valence-corrected chi connectivity index (χ1v) is 9.53. The third-order valence-electron chi connectivity index (χ3n) is 4.29. The molecule has 140 valence electrons. The molecule has 1 aliphatic rings. The number of primary amides is 1. The van der Waals surface area contributed by atoms with Crippen LogP contribution >= 0.6 is 23.4 Å². The number of carbonyl (C=O) groups is 3. The van der Waals surface area contributed by atoms with Crippen molar-refractivity contribution in [1.29, 1.82) is 0 Å². The second-order valence-electron chi connectivity index (χ2n) is 6.19. The van der Waals surface area contributed by atoms with Gasteiger partial charge in [0.15, 0.2) is 0 Å². The van der Waals surface area contributed by atoms with E-state index in [0.29, 0.717) is 15.6 Å². The number of hydrogen-bond donors (Lipinski definition) is 1. The summed E-state index contributed by atoms with van der Waals surface area (Å²) in [6.07, 6.45) is 3.41. The van der Waals surface area contributed by atoms with Gasteiger partial charge in [-0.3, -0.25) is 14.4 Å². The maximum atomic E-state index is 12.8. The number of imide groups is 1. The van der Waals surface area contributed by atoms with Crippen LogP contribution in [0.3, 0.4) is 0 Å². The molecule has 1 saturated heterocycles. The molecule has 0 aliphatic carbocycles. The number of carbonyl (C=O) groups excluding carboxylic acids is 3. The highest BCUT2D eigenvalue weighted by Gasteiger charge is 2.36. The predicted molar refractivity (Wildman–Crippen MR) is 111 cm³/mol. The second-order valence-corrected chi connectivity index (χ2v) is 7.62. The van der Waals surface area contributed by atoms with E-state index in [1.54, 1.807) is 41.1 Å². The Labute approximate surface area is 169 Å². The number of hydrogen-bond acceptors (Lipinski definition) is 4. The molecule has 3 amide bonds. The summed E-state index contributed by atoms with van der Waals surface area (Å²) in [6.45, 7) is 0.0261. The molecule has 0 saturated carbocycles. The van der Waals surface area contributed by atoms with E-state index in [4.69, 9.17) is 17.3 Å². The van der Waals surface area contributed by atoms with Gasteiger partial charge >= 0.3 is 0 Å². The number of thioether (sulfide) groups is 1. The molecule has 2 N–H and O–H groups in total. The van der Waals surface area contributed by atoms with Gasteiger partial charge in [0.2, 0.25) is 5.91 Å². The summed E-state index contributed by atoms with van der Waals surface area (Å²) in [6, 6.07) is 14.1. The van der Waals surface area contributed by atoms with E-state index in [9.17, 15) is 14.4 Å². The van der Waals surface area contributed by atoms with Crippen molar-refractivity contribution in [2.75, 3.05) is 4.90 Å². The molecule has 6 nitrogen and oxygen atoms in total. The highest BCUT2D eigenvalue weighted by molar-refractivity contribution is 8.19. The number of halogens is 1. The number of amides is 3. The average molecular weight is 412 g/mol. The SMILES string of the molecule is NC(=O)Cn1cc(/C=C2\SC(=O)N(c3cccc(Cl)c3)C2=O)c2ccccc21. The van der Waals surface area contributed by atoms with Crippen molar-refractivity contribution in [3.63, 3.8) is 0 Å². The number of nitrogens with two attached hydrogens (primary N) is 1. The van der Waals surface area contributed by atoms with Gasteiger partial charge in [-0.05, 0) is 42.1 Å². The topological polar surface area (TPSA) is 85.4 Å². The molecule has 3 aromatic rings. The molecule has 0 radical (unpaired) electrons. The maximum absolute atomic E-state index is 12.8. The van der Waals surface area contributed by atoms with E-state index in [0.717, 1.165) is 33.1 Å². The fraction of sp³-hybridized carbons (Fsp3) is 0.0500. The van der Waals surface area contributed by atoms with E-state index < -0.39 is 11.8 Å². The number of nitrogens with zero attached hydrogens (tertiary/aromatic N) is 2. The van der Waals surface area contributed by atoms with Gasteiger partial charge in [-0.15, -0.1) is 0 Å². The third kappa shape index (κ3) is 3.30. The highest BCUT2D eigenvalue weighted by Crippen LogP contribution is 2.37. The van der Waals surface area contributed by atoms with Gasteiger partial charge in [-0.25, -0.2) is 4.90 Å². The maximum Gasteiger partial charge on any atom is 0.298 e. The van der Waals surface area contributed by atoms with Crippen molar-refractivity contribution in [3.05, 3.63) is 70.2 Å². The number of para-hydroxylation sites is 1. The third-order valence-corrected chi connectivity index (χ3v) is 5.40. The molecule has 2 heterocycles. The Morgan fingerprint density at radius 1 is 1.14 bits per heavy atom. The van der Waals surface area contributed by atoms with Crippen LogP contribution in [0.4, 0.5) is 10.5 Å². The van der Waals surface area contributed by atoms with Crippen LogP contribution in [0.2, 0.25) is 5.02 Å². The molecule has 1 aromatic heterocycles. The Morgan fingerprint density at radius 2 is 1.93 bits per heavy atom. The van der Waals surface area contributed by atoms with E-state index in [-0.39, 0.29) is 11.8 Å². The minimum atomic E-state index is -0.464. The number of benzene rings is 2. The molecule has 4 rings (SSSR count). The Bertz CT molecular complexity index is 1170. The van der Waals surface area contributed by atoms with E-state index in [1.165, 1.54) is 0 Å². The van der Waals surface area contributed by atoms with Crippen molar-refractivity contribution in [2.24, 2.45) is 5.73 Å². The zero-order valence-electron chi connectivity index (χ0n) is 14.5. The molecular weight excluding hydrogens is 398 g/mol. The van der Waals surface area contributed by atoms with Crippen molar-refractivity contribution in [3.8, 4) is 0 Å². The van der Waals surface area contributed by atoms with Gasteiger partial charge in [-0.2, -0.15) is 0 Å². The van der Waals surface area contributed by atoms with Gasteiger partial charge in [0.25, 0.3) is 11.1 Å². The Morgan fingerprint density at radius 3 is 2.68 bits per heavy atom. The zero-order valence-corrected chi connectivity index (χ0v) is 16.0. The van der Waals surface area contributed by atoms with Crippen LogP contribution in [-0.2, 0) is 16.1 Å². The molecule has 8 heteroatoms. The first kappa shape index (κ1) is 18.3. The molecule has 0 spiro atoms. The van der Waals surface area contributed by atoms with Gasteiger partial charge in [0, 0.05) is 27.7 Å². The summed E-state index contributed by atoms with van der Waals surface area (Å²) in [7, 11) is 0. The fourth-order valence-corrected chi connectivity index (χ4v) is 4.15. The van der Waals surface area contributed by atoms with Crippen LogP contribution in [-0.4, -0.2) is 21.6 Å². The fourth-order valence-electron chi connectivity index (χ4n) is 3.14. The molecule has 2 aromatic carbocycles. The van der Waals surface area contributed by atoms with Crippen LogP contribution in [0.1, 0.15) is 5.56 Å². The van der Waals surface area contributed by atoms with Crippen molar-refractivity contribution in [1.82, 2.24) is 4.57 Å². The predicted octanol–water partition coefficient (Wildman–Crippen LogP) is 4.02. The minimum Gasteiger partial charge on any atom is -0.368 e. The summed E-state index contributed by atoms with van der Waals surface area (Å²) >= 11 is 6.85. The monoisotopic (exact) mass is 411 g/mol.